The molecule has 27 heavy (non-hydrogen) atoms. The summed E-state index contributed by atoms with van der Waals surface area (Å²) in [5.74, 6) is 0.361. The Balaban J connectivity index is 1.86. The number of urea groups is 1. The standard InChI is InChI=1S/C20H26N4O3/c1-13(2)23-20(26)24-17-8-6-16(7-9-17)19(25)22-12-15-5-10-18(21-11-15)27-14(3)4/h5-11,13-14H,12H2,1-4H3,(H,22,25)(H2,23,24,26). The van der Waals surface area contributed by atoms with Crippen LogP contribution in [0.25, 0.3) is 0 Å². The third-order valence-electron chi connectivity index (χ3n) is 3.43. The van der Waals surface area contributed by atoms with E-state index in [1.165, 1.54) is 0 Å². The molecular formula is C20H26N4O3. The average Bonchev–Trinajstić information content (AvgIpc) is 2.60. The minimum absolute atomic E-state index is 0.0514. The van der Waals surface area contributed by atoms with Crippen LogP contribution < -0.4 is 20.7 Å². The molecule has 0 saturated heterocycles. The van der Waals surface area contributed by atoms with E-state index in [9.17, 15) is 9.59 Å². The van der Waals surface area contributed by atoms with Gasteiger partial charge in [0.1, 0.15) is 0 Å². The number of hydrogen-bond acceptors (Lipinski definition) is 4. The highest BCUT2D eigenvalue weighted by Crippen LogP contribution is 2.11. The first-order valence-corrected chi connectivity index (χ1v) is 8.91. The van der Waals surface area contributed by atoms with Crippen LogP contribution in [0.5, 0.6) is 5.88 Å². The van der Waals surface area contributed by atoms with Crippen molar-refractivity contribution < 1.29 is 14.3 Å². The molecule has 7 heteroatoms. The zero-order valence-corrected chi connectivity index (χ0v) is 16.1. The van der Waals surface area contributed by atoms with Gasteiger partial charge in [0.05, 0.1) is 6.10 Å². The van der Waals surface area contributed by atoms with E-state index in [-0.39, 0.29) is 24.1 Å². The predicted molar refractivity (Wildman–Crippen MR) is 105 cm³/mol. The van der Waals surface area contributed by atoms with Crippen molar-refractivity contribution in [1.29, 1.82) is 0 Å². The van der Waals surface area contributed by atoms with E-state index < -0.39 is 0 Å². The highest BCUT2D eigenvalue weighted by Gasteiger charge is 2.08. The second-order valence-corrected chi connectivity index (χ2v) is 6.68. The van der Waals surface area contributed by atoms with Gasteiger partial charge in [-0.2, -0.15) is 0 Å². The molecule has 0 atom stereocenters. The van der Waals surface area contributed by atoms with Crippen LogP contribution in [0.3, 0.4) is 0 Å². The van der Waals surface area contributed by atoms with Crippen LogP contribution in [-0.4, -0.2) is 29.1 Å². The quantitative estimate of drug-likeness (QED) is 0.697. The Hall–Kier alpha value is -3.09. The molecular weight excluding hydrogens is 344 g/mol. The zero-order chi connectivity index (χ0) is 19.8. The number of carbonyl (C=O) groups excluding carboxylic acids is 2. The largest absolute Gasteiger partial charge is 0.475 e. The maximum absolute atomic E-state index is 12.3. The molecule has 0 aliphatic carbocycles. The highest BCUT2D eigenvalue weighted by molar-refractivity contribution is 5.95. The number of pyridine rings is 1. The molecule has 3 amide bonds. The van der Waals surface area contributed by atoms with Gasteiger partial charge in [0, 0.05) is 36.1 Å². The molecule has 0 saturated carbocycles. The summed E-state index contributed by atoms with van der Waals surface area (Å²) in [6, 6.07) is 10.1. The number of anilines is 1. The van der Waals surface area contributed by atoms with Crippen molar-refractivity contribution in [2.24, 2.45) is 0 Å². The first kappa shape index (κ1) is 20.2. The van der Waals surface area contributed by atoms with E-state index >= 15 is 0 Å². The lowest BCUT2D eigenvalue weighted by molar-refractivity contribution is 0.0951. The Kier molecular flexibility index (Phi) is 7.16. The number of nitrogens with zero attached hydrogens (tertiary/aromatic N) is 1. The minimum atomic E-state index is -0.278. The molecule has 0 bridgehead atoms. The van der Waals surface area contributed by atoms with Gasteiger partial charge in [0.15, 0.2) is 0 Å². The summed E-state index contributed by atoms with van der Waals surface area (Å²) in [4.78, 5) is 28.1. The fourth-order valence-electron chi connectivity index (χ4n) is 2.25. The third kappa shape index (κ3) is 6.97. The number of ether oxygens (including phenoxy) is 1. The van der Waals surface area contributed by atoms with Gasteiger partial charge in [0.2, 0.25) is 5.88 Å². The Morgan fingerprint density at radius 3 is 2.30 bits per heavy atom. The molecule has 0 aliphatic rings. The number of benzene rings is 1. The number of nitrogens with one attached hydrogen (secondary N) is 3. The number of aromatic nitrogens is 1. The van der Waals surface area contributed by atoms with Gasteiger partial charge in [-0.1, -0.05) is 6.07 Å². The highest BCUT2D eigenvalue weighted by atomic mass is 16.5. The molecule has 3 N–H and O–H groups in total. The first-order valence-electron chi connectivity index (χ1n) is 8.91. The van der Waals surface area contributed by atoms with Crippen molar-refractivity contribution in [2.45, 2.75) is 46.4 Å². The molecule has 1 aromatic heterocycles. The van der Waals surface area contributed by atoms with Gasteiger partial charge >= 0.3 is 6.03 Å². The Bertz CT molecular complexity index is 756. The molecule has 0 unspecified atom stereocenters. The fraction of sp³-hybridized carbons (Fsp3) is 0.350. The predicted octanol–water partition coefficient (Wildman–Crippen LogP) is 3.33. The monoisotopic (exact) mass is 370 g/mol. The van der Waals surface area contributed by atoms with Crippen LogP contribution in [0.1, 0.15) is 43.6 Å². The van der Waals surface area contributed by atoms with Crippen LogP contribution in [0.15, 0.2) is 42.6 Å². The van der Waals surface area contributed by atoms with Gasteiger partial charge in [-0.25, -0.2) is 9.78 Å². The molecule has 0 aliphatic heterocycles. The van der Waals surface area contributed by atoms with E-state index in [0.29, 0.717) is 23.7 Å². The van der Waals surface area contributed by atoms with Gasteiger partial charge in [-0.05, 0) is 57.5 Å². The maximum Gasteiger partial charge on any atom is 0.319 e. The van der Waals surface area contributed by atoms with E-state index in [1.54, 1.807) is 36.5 Å². The SMILES string of the molecule is CC(C)NC(=O)Nc1ccc(C(=O)NCc2ccc(OC(C)C)nc2)cc1. The zero-order valence-electron chi connectivity index (χ0n) is 16.1. The molecule has 0 radical (unpaired) electrons. The molecule has 0 fully saturated rings. The van der Waals surface area contributed by atoms with Gasteiger partial charge in [-0.15, -0.1) is 0 Å². The Morgan fingerprint density at radius 2 is 1.74 bits per heavy atom. The van der Waals surface area contributed by atoms with E-state index in [4.69, 9.17) is 4.74 Å². The summed E-state index contributed by atoms with van der Waals surface area (Å²) in [5, 5.41) is 8.29. The van der Waals surface area contributed by atoms with Crippen LogP contribution in [0.2, 0.25) is 0 Å². The lowest BCUT2D eigenvalue weighted by Gasteiger charge is -2.11. The van der Waals surface area contributed by atoms with Crippen molar-refractivity contribution in [3.63, 3.8) is 0 Å². The molecule has 1 aromatic carbocycles. The van der Waals surface area contributed by atoms with Gasteiger partial charge in [-0.3, -0.25) is 4.79 Å². The number of rotatable bonds is 7. The lowest BCUT2D eigenvalue weighted by Crippen LogP contribution is -2.34. The van der Waals surface area contributed by atoms with Crippen LogP contribution in [0, 0.1) is 0 Å². The molecule has 7 nitrogen and oxygen atoms in total. The molecule has 144 valence electrons. The molecule has 0 spiro atoms. The summed E-state index contributed by atoms with van der Waals surface area (Å²) in [5.41, 5.74) is 2.01. The molecule has 2 aromatic rings. The van der Waals surface area contributed by atoms with Gasteiger partial charge in [0.25, 0.3) is 5.91 Å². The maximum atomic E-state index is 12.3. The smallest absolute Gasteiger partial charge is 0.319 e. The van der Waals surface area contributed by atoms with E-state index in [2.05, 4.69) is 20.9 Å². The number of hydrogen-bond donors (Lipinski definition) is 3. The average molecular weight is 370 g/mol. The Morgan fingerprint density at radius 1 is 1.04 bits per heavy atom. The second-order valence-electron chi connectivity index (χ2n) is 6.68. The van der Waals surface area contributed by atoms with Crippen LogP contribution in [0.4, 0.5) is 10.5 Å². The lowest BCUT2D eigenvalue weighted by atomic mass is 10.2. The van der Waals surface area contributed by atoms with Crippen LogP contribution in [-0.2, 0) is 6.54 Å². The summed E-state index contributed by atoms with van der Waals surface area (Å²) in [7, 11) is 0. The third-order valence-corrected chi connectivity index (χ3v) is 3.43. The van der Waals surface area contributed by atoms with Gasteiger partial charge < -0.3 is 20.7 Å². The summed E-state index contributed by atoms with van der Waals surface area (Å²) in [6.07, 6.45) is 1.75. The summed E-state index contributed by atoms with van der Waals surface area (Å²) >= 11 is 0. The minimum Gasteiger partial charge on any atom is -0.475 e. The second kappa shape index (κ2) is 9.56. The first-order chi connectivity index (χ1) is 12.8. The van der Waals surface area contributed by atoms with Crippen LogP contribution >= 0.6 is 0 Å². The van der Waals surface area contributed by atoms with Crippen molar-refractivity contribution in [2.75, 3.05) is 5.32 Å². The van der Waals surface area contributed by atoms with Crippen molar-refractivity contribution >= 4 is 17.6 Å². The normalized spacial score (nSPS) is 10.6. The molecule has 1 heterocycles. The Labute approximate surface area is 159 Å². The summed E-state index contributed by atoms with van der Waals surface area (Å²) < 4.78 is 5.49. The van der Waals surface area contributed by atoms with E-state index in [0.717, 1.165) is 5.56 Å². The molecule has 2 rings (SSSR count). The number of carbonyl (C=O) groups is 2. The van der Waals surface area contributed by atoms with Crippen molar-refractivity contribution in [1.82, 2.24) is 15.6 Å². The fourth-order valence-corrected chi connectivity index (χ4v) is 2.25. The topological polar surface area (TPSA) is 92.4 Å². The van der Waals surface area contributed by atoms with E-state index in [1.807, 2.05) is 33.8 Å². The van der Waals surface area contributed by atoms with Crippen molar-refractivity contribution in [3.05, 3.63) is 53.7 Å². The van der Waals surface area contributed by atoms with Crippen molar-refractivity contribution in [3.8, 4) is 5.88 Å². The number of amides is 3. The summed E-state index contributed by atoms with van der Waals surface area (Å²) in [6.45, 7) is 8.01.